The third kappa shape index (κ3) is 1.78. The van der Waals surface area contributed by atoms with Gasteiger partial charge >= 0.3 is 0 Å². The molecule has 1 fully saturated rings. The number of nitrogens with zero attached hydrogens (tertiary/aromatic N) is 2. The number of nitrogen functional groups attached to an aromatic ring is 1. The molecule has 0 saturated heterocycles. The predicted molar refractivity (Wildman–Crippen MR) is 65.7 cm³/mol. The topological polar surface area (TPSA) is 64.9 Å². The van der Waals surface area contributed by atoms with Crippen LogP contribution < -0.4 is 5.73 Å². The molecule has 1 heterocycles. The summed E-state index contributed by atoms with van der Waals surface area (Å²) in [5, 5.41) is 4.62. The second-order valence-electron chi connectivity index (χ2n) is 4.72. The average Bonchev–Trinajstić information content (AvgIpc) is 2.88. The molecule has 0 aliphatic heterocycles. The summed E-state index contributed by atoms with van der Waals surface area (Å²) in [7, 11) is 0. The highest BCUT2D eigenvalue weighted by Gasteiger charge is 2.43. The van der Waals surface area contributed by atoms with Gasteiger partial charge in [-0.25, -0.2) is 0 Å². The zero-order chi connectivity index (χ0) is 12.0. The van der Waals surface area contributed by atoms with Crippen LogP contribution in [0.1, 0.15) is 25.6 Å². The summed E-state index contributed by atoms with van der Waals surface area (Å²) in [4.78, 5) is 4.40. The van der Waals surface area contributed by atoms with Gasteiger partial charge in [-0.3, -0.25) is 0 Å². The van der Waals surface area contributed by atoms with Gasteiger partial charge in [0.2, 0.25) is 0 Å². The summed E-state index contributed by atoms with van der Waals surface area (Å²) in [6, 6.07) is 5.21. The minimum atomic E-state index is 0.0923. The van der Waals surface area contributed by atoms with Crippen molar-refractivity contribution in [1.29, 1.82) is 0 Å². The van der Waals surface area contributed by atoms with Crippen molar-refractivity contribution in [3.05, 3.63) is 29.0 Å². The van der Waals surface area contributed by atoms with E-state index in [1.165, 1.54) is 0 Å². The van der Waals surface area contributed by atoms with Gasteiger partial charge in [0.25, 0.3) is 5.89 Å². The third-order valence-electron chi connectivity index (χ3n) is 3.21. The van der Waals surface area contributed by atoms with E-state index in [2.05, 4.69) is 17.1 Å². The molecule has 17 heavy (non-hydrogen) atoms. The SMILES string of the molecule is CC1(c2noc(-c3cc(Cl)ccc3N)n2)CC1. The molecule has 1 aromatic carbocycles. The minimum Gasteiger partial charge on any atom is -0.398 e. The Labute approximate surface area is 104 Å². The number of rotatable bonds is 2. The zero-order valence-corrected chi connectivity index (χ0v) is 10.2. The minimum absolute atomic E-state index is 0.0923. The molecular weight excluding hydrogens is 238 g/mol. The summed E-state index contributed by atoms with van der Waals surface area (Å²) < 4.78 is 5.25. The van der Waals surface area contributed by atoms with Gasteiger partial charge in [-0.05, 0) is 31.0 Å². The molecule has 1 aliphatic rings. The molecule has 2 N–H and O–H groups in total. The van der Waals surface area contributed by atoms with Crippen LogP contribution >= 0.6 is 11.6 Å². The highest BCUT2D eigenvalue weighted by Crippen LogP contribution is 2.46. The van der Waals surface area contributed by atoms with Gasteiger partial charge in [-0.15, -0.1) is 0 Å². The molecular formula is C12H12ClN3O. The van der Waals surface area contributed by atoms with Crippen molar-refractivity contribution in [2.45, 2.75) is 25.2 Å². The molecule has 1 aromatic heterocycles. The Balaban J connectivity index is 2.03. The van der Waals surface area contributed by atoms with Crippen molar-refractivity contribution in [2.75, 3.05) is 5.73 Å². The van der Waals surface area contributed by atoms with Crippen LogP contribution in [-0.2, 0) is 5.41 Å². The van der Waals surface area contributed by atoms with Crippen molar-refractivity contribution in [2.24, 2.45) is 0 Å². The lowest BCUT2D eigenvalue weighted by Gasteiger charge is -2.00. The monoisotopic (exact) mass is 249 g/mol. The van der Waals surface area contributed by atoms with Crippen molar-refractivity contribution in [3.63, 3.8) is 0 Å². The summed E-state index contributed by atoms with van der Waals surface area (Å²) in [5.74, 6) is 1.19. The van der Waals surface area contributed by atoms with Gasteiger partial charge in [0.15, 0.2) is 5.82 Å². The first kappa shape index (κ1) is 10.6. The molecule has 88 valence electrons. The Morgan fingerprint density at radius 1 is 1.41 bits per heavy atom. The fourth-order valence-electron chi connectivity index (χ4n) is 1.70. The predicted octanol–water partition coefficient (Wildman–Crippen LogP) is 3.02. The molecule has 0 atom stereocenters. The van der Waals surface area contributed by atoms with Crippen LogP contribution in [0.25, 0.3) is 11.5 Å². The Hall–Kier alpha value is -1.55. The maximum absolute atomic E-state index is 5.93. The second kappa shape index (κ2) is 3.47. The molecule has 0 unspecified atom stereocenters. The smallest absolute Gasteiger partial charge is 0.260 e. The first-order valence-electron chi connectivity index (χ1n) is 5.48. The van der Waals surface area contributed by atoms with Gasteiger partial charge in [0.1, 0.15) is 0 Å². The fourth-order valence-corrected chi connectivity index (χ4v) is 1.87. The van der Waals surface area contributed by atoms with Crippen LogP contribution in [0.4, 0.5) is 5.69 Å². The van der Waals surface area contributed by atoms with Gasteiger partial charge < -0.3 is 10.3 Å². The van der Waals surface area contributed by atoms with Crippen LogP contribution in [0.2, 0.25) is 5.02 Å². The summed E-state index contributed by atoms with van der Waals surface area (Å²) >= 11 is 5.93. The van der Waals surface area contributed by atoms with Crippen molar-refractivity contribution < 1.29 is 4.52 Å². The zero-order valence-electron chi connectivity index (χ0n) is 9.40. The lowest BCUT2D eigenvalue weighted by atomic mass is 10.1. The van der Waals surface area contributed by atoms with Crippen LogP contribution in [0.5, 0.6) is 0 Å². The molecule has 1 aliphatic carbocycles. The van der Waals surface area contributed by atoms with E-state index >= 15 is 0 Å². The van der Waals surface area contributed by atoms with E-state index in [4.69, 9.17) is 21.9 Å². The van der Waals surface area contributed by atoms with Crippen LogP contribution in [-0.4, -0.2) is 10.1 Å². The highest BCUT2D eigenvalue weighted by atomic mass is 35.5. The first-order valence-corrected chi connectivity index (χ1v) is 5.86. The highest BCUT2D eigenvalue weighted by molar-refractivity contribution is 6.31. The van der Waals surface area contributed by atoms with Gasteiger partial charge in [-0.1, -0.05) is 23.7 Å². The van der Waals surface area contributed by atoms with Crippen molar-refractivity contribution in [1.82, 2.24) is 10.1 Å². The van der Waals surface area contributed by atoms with E-state index in [9.17, 15) is 0 Å². The van der Waals surface area contributed by atoms with Gasteiger partial charge in [-0.2, -0.15) is 4.98 Å². The molecule has 1 saturated carbocycles. The molecule has 2 aromatic rings. The van der Waals surface area contributed by atoms with Gasteiger partial charge in [0.05, 0.1) is 5.56 Å². The van der Waals surface area contributed by atoms with E-state index < -0.39 is 0 Å². The summed E-state index contributed by atoms with van der Waals surface area (Å²) in [6.07, 6.45) is 2.22. The number of hydrogen-bond acceptors (Lipinski definition) is 4. The maximum atomic E-state index is 5.93. The quantitative estimate of drug-likeness (QED) is 0.831. The Kier molecular flexibility index (Phi) is 2.16. The number of benzene rings is 1. The number of nitrogens with two attached hydrogens (primary N) is 1. The van der Waals surface area contributed by atoms with E-state index in [0.717, 1.165) is 18.7 Å². The lowest BCUT2D eigenvalue weighted by Crippen LogP contribution is -2.02. The van der Waals surface area contributed by atoms with E-state index in [1.54, 1.807) is 18.2 Å². The van der Waals surface area contributed by atoms with E-state index in [-0.39, 0.29) is 5.41 Å². The van der Waals surface area contributed by atoms with Crippen LogP contribution in [0.3, 0.4) is 0 Å². The molecule has 0 radical (unpaired) electrons. The van der Waals surface area contributed by atoms with Crippen LogP contribution in [0.15, 0.2) is 22.7 Å². The maximum Gasteiger partial charge on any atom is 0.260 e. The standard InChI is InChI=1S/C12H12ClN3O/c1-12(4-5-12)11-15-10(17-16-11)8-6-7(13)2-3-9(8)14/h2-3,6H,4-5,14H2,1H3. The Morgan fingerprint density at radius 2 is 2.18 bits per heavy atom. The average molecular weight is 250 g/mol. The third-order valence-corrected chi connectivity index (χ3v) is 3.45. The molecule has 4 nitrogen and oxygen atoms in total. The van der Waals surface area contributed by atoms with Crippen LogP contribution in [0, 0.1) is 0 Å². The number of aromatic nitrogens is 2. The molecule has 5 heteroatoms. The fraction of sp³-hybridized carbons (Fsp3) is 0.333. The number of halogens is 1. The lowest BCUT2D eigenvalue weighted by molar-refractivity contribution is 0.416. The molecule has 0 amide bonds. The van der Waals surface area contributed by atoms with Gasteiger partial charge in [0, 0.05) is 16.1 Å². The first-order chi connectivity index (χ1) is 8.08. The normalized spacial score (nSPS) is 17.1. The second-order valence-corrected chi connectivity index (χ2v) is 5.15. The Morgan fingerprint density at radius 3 is 2.88 bits per heavy atom. The Bertz CT molecular complexity index is 575. The van der Waals surface area contributed by atoms with Crippen molar-refractivity contribution in [3.8, 4) is 11.5 Å². The van der Waals surface area contributed by atoms with Crippen molar-refractivity contribution >= 4 is 17.3 Å². The van der Waals surface area contributed by atoms with E-state index in [0.29, 0.717) is 22.2 Å². The summed E-state index contributed by atoms with van der Waals surface area (Å²) in [5.41, 5.74) is 7.24. The molecule has 0 bridgehead atoms. The largest absolute Gasteiger partial charge is 0.398 e. The number of hydrogen-bond donors (Lipinski definition) is 1. The number of anilines is 1. The van der Waals surface area contributed by atoms with E-state index in [1.807, 2.05) is 0 Å². The molecule has 3 rings (SSSR count). The molecule has 0 spiro atoms. The summed E-state index contributed by atoms with van der Waals surface area (Å²) in [6.45, 7) is 2.13.